The van der Waals surface area contributed by atoms with Gasteiger partial charge < -0.3 is 10.4 Å². The van der Waals surface area contributed by atoms with E-state index >= 15 is 0 Å². The normalized spacial score (nSPS) is 21.6. The third kappa shape index (κ3) is 3.37. The van der Waals surface area contributed by atoms with Gasteiger partial charge in [0.25, 0.3) is 5.91 Å². The van der Waals surface area contributed by atoms with E-state index in [4.69, 9.17) is 0 Å². The lowest BCUT2D eigenvalue weighted by Crippen LogP contribution is -2.39. The molecule has 136 valence electrons. The van der Waals surface area contributed by atoms with Crippen LogP contribution in [0.2, 0.25) is 0 Å². The fraction of sp³-hybridized carbons (Fsp3) is 0.421. The lowest BCUT2D eigenvalue weighted by molar-refractivity contribution is 0.0830. The number of aliphatic hydroxyl groups excluding tert-OH is 1. The quantitative estimate of drug-likeness (QED) is 0.739. The molecule has 1 aliphatic carbocycles. The maximum atomic E-state index is 12.9. The van der Waals surface area contributed by atoms with Gasteiger partial charge in [-0.3, -0.25) is 9.36 Å². The summed E-state index contributed by atoms with van der Waals surface area (Å²) in [5.74, 6) is 0.908. The van der Waals surface area contributed by atoms with Crippen molar-refractivity contribution in [3.8, 4) is 5.82 Å². The number of hydrogen-bond donors (Lipinski definition) is 2. The number of nitrogens with one attached hydrogen (secondary N) is 1. The fourth-order valence-corrected chi connectivity index (χ4v) is 4.51. The number of aromatic nitrogens is 3. The molecule has 3 aromatic rings. The van der Waals surface area contributed by atoms with Gasteiger partial charge in [0.15, 0.2) is 0 Å². The SMILES string of the molecule is C[C@@H](O)C1CCC(NC(=O)c2nc(-n3ccnc3)cc3ccsc23)CC1. The zero-order chi connectivity index (χ0) is 18.1. The summed E-state index contributed by atoms with van der Waals surface area (Å²) in [6.07, 6.45) is 8.61. The molecule has 0 aliphatic heterocycles. The molecule has 0 aromatic carbocycles. The van der Waals surface area contributed by atoms with Crippen LogP contribution in [-0.4, -0.2) is 37.7 Å². The van der Waals surface area contributed by atoms with Crippen LogP contribution in [0, 0.1) is 5.92 Å². The van der Waals surface area contributed by atoms with Crippen LogP contribution >= 0.6 is 11.3 Å². The Kier molecular flexibility index (Phi) is 4.74. The Bertz CT molecular complexity index is 896. The second kappa shape index (κ2) is 7.17. The molecule has 2 N–H and O–H groups in total. The summed E-state index contributed by atoms with van der Waals surface area (Å²) in [5.41, 5.74) is 0.471. The summed E-state index contributed by atoms with van der Waals surface area (Å²) in [7, 11) is 0. The number of nitrogens with zero attached hydrogens (tertiary/aromatic N) is 3. The van der Waals surface area contributed by atoms with Gasteiger partial charge in [0, 0.05) is 18.4 Å². The van der Waals surface area contributed by atoms with Crippen LogP contribution in [0.4, 0.5) is 0 Å². The molecule has 1 atom stereocenters. The summed E-state index contributed by atoms with van der Waals surface area (Å²) in [6.45, 7) is 1.85. The van der Waals surface area contributed by atoms with Crippen molar-refractivity contribution in [3.63, 3.8) is 0 Å². The number of aliphatic hydroxyl groups is 1. The first-order valence-corrected chi connectivity index (χ1v) is 9.85. The van der Waals surface area contributed by atoms with Crippen LogP contribution in [0.25, 0.3) is 15.9 Å². The van der Waals surface area contributed by atoms with Gasteiger partial charge in [-0.25, -0.2) is 9.97 Å². The largest absolute Gasteiger partial charge is 0.393 e. The second-order valence-electron chi connectivity index (χ2n) is 6.96. The van der Waals surface area contributed by atoms with E-state index in [-0.39, 0.29) is 18.1 Å². The number of fused-ring (bicyclic) bond motifs is 1. The highest BCUT2D eigenvalue weighted by Gasteiger charge is 2.26. The fourth-order valence-electron chi connectivity index (χ4n) is 3.64. The van der Waals surface area contributed by atoms with E-state index in [2.05, 4.69) is 15.3 Å². The van der Waals surface area contributed by atoms with Gasteiger partial charge in [-0.2, -0.15) is 0 Å². The third-order valence-electron chi connectivity index (χ3n) is 5.20. The number of carbonyl (C=O) groups excluding carboxylic acids is 1. The van der Waals surface area contributed by atoms with Crippen molar-refractivity contribution in [2.24, 2.45) is 5.92 Å². The average Bonchev–Trinajstić information content (AvgIpc) is 3.32. The predicted octanol–water partition coefficient (Wildman–Crippen LogP) is 3.15. The molecular weight excluding hydrogens is 348 g/mol. The molecule has 3 aromatic heterocycles. The average molecular weight is 370 g/mol. The molecule has 0 bridgehead atoms. The summed E-state index contributed by atoms with van der Waals surface area (Å²) in [4.78, 5) is 21.6. The Balaban J connectivity index is 1.56. The Morgan fingerprint density at radius 1 is 1.38 bits per heavy atom. The topological polar surface area (TPSA) is 80.0 Å². The van der Waals surface area contributed by atoms with Crippen molar-refractivity contribution in [3.05, 3.63) is 41.9 Å². The number of imidazole rings is 1. The van der Waals surface area contributed by atoms with Crippen LogP contribution in [0.5, 0.6) is 0 Å². The van der Waals surface area contributed by atoms with Gasteiger partial charge in [-0.15, -0.1) is 11.3 Å². The predicted molar refractivity (Wildman–Crippen MR) is 102 cm³/mol. The molecule has 1 fully saturated rings. The molecule has 26 heavy (non-hydrogen) atoms. The number of pyridine rings is 1. The smallest absolute Gasteiger partial charge is 0.271 e. The summed E-state index contributed by atoms with van der Waals surface area (Å²) in [5, 5.41) is 15.9. The molecule has 1 aliphatic rings. The van der Waals surface area contributed by atoms with Gasteiger partial charge >= 0.3 is 0 Å². The van der Waals surface area contributed by atoms with Gasteiger partial charge in [-0.05, 0) is 61.4 Å². The summed E-state index contributed by atoms with van der Waals surface area (Å²) in [6, 6.07) is 4.12. The molecular formula is C19H22N4O2S. The standard InChI is InChI=1S/C19H22N4O2S/c1-12(24)13-2-4-15(5-3-13)21-19(25)17-18-14(6-9-26-18)10-16(22-17)23-8-7-20-11-23/h6-13,15,24H,2-5H2,1H3,(H,21,25)/t12-,13?,15?/m1/s1. The molecule has 0 spiro atoms. The van der Waals surface area contributed by atoms with E-state index in [9.17, 15) is 9.90 Å². The van der Waals surface area contributed by atoms with Crippen molar-refractivity contribution in [2.45, 2.75) is 44.8 Å². The molecule has 1 saturated carbocycles. The second-order valence-corrected chi connectivity index (χ2v) is 7.88. The monoisotopic (exact) mass is 370 g/mol. The van der Waals surface area contributed by atoms with Crippen molar-refractivity contribution in [2.75, 3.05) is 0 Å². The van der Waals surface area contributed by atoms with E-state index in [1.54, 1.807) is 12.5 Å². The number of rotatable bonds is 4. The molecule has 0 saturated heterocycles. The zero-order valence-corrected chi connectivity index (χ0v) is 15.4. The summed E-state index contributed by atoms with van der Waals surface area (Å²) < 4.78 is 2.71. The van der Waals surface area contributed by atoms with Gasteiger partial charge in [0.05, 0.1) is 10.8 Å². The van der Waals surface area contributed by atoms with Crippen molar-refractivity contribution in [1.82, 2.24) is 19.9 Å². The Morgan fingerprint density at radius 2 is 2.19 bits per heavy atom. The van der Waals surface area contributed by atoms with Gasteiger partial charge in [0.1, 0.15) is 17.8 Å². The Hall–Kier alpha value is -2.25. The minimum absolute atomic E-state index is 0.125. The van der Waals surface area contributed by atoms with Crippen molar-refractivity contribution < 1.29 is 9.90 Å². The van der Waals surface area contributed by atoms with Gasteiger partial charge in [-0.1, -0.05) is 0 Å². The maximum absolute atomic E-state index is 12.9. The molecule has 0 unspecified atom stereocenters. The molecule has 0 radical (unpaired) electrons. The first-order valence-electron chi connectivity index (χ1n) is 8.97. The minimum Gasteiger partial charge on any atom is -0.393 e. The van der Waals surface area contributed by atoms with Crippen LogP contribution in [0.3, 0.4) is 0 Å². The van der Waals surface area contributed by atoms with Crippen LogP contribution in [0.1, 0.15) is 43.1 Å². The number of thiophene rings is 1. The van der Waals surface area contributed by atoms with Crippen LogP contribution < -0.4 is 5.32 Å². The number of carbonyl (C=O) groups is 1. The van der Waals surface area contributed by atoms with E-state index < -0.39 is 0 Å². The van der Waals surface area contributed by atoms with Crippen molar-refractivity contribution in [1.29, 1.82) is 0 Å². The summed E-state index contributed by atoms with van der Waals surface area (Å²) >= 11 is 1.53. The number of amides is 1. The molecule has 1 amide bonds. The molecule has 7 heteroatoms. The lowest BCUT2D eigenvalue weighted by Gasteiger charge is -2.30. The van der Waals surface area contributed by atoms with E-state index in [1.807, 2.05) is 35.2 Å². The minimum atomic E-state index is -0.272. The molecule has 4 rings (SSSR count). The number of hydrogen-bond acceptors (Lipinski definition) is 5. The Labute approximate surface area is 155 Å². The highest BCUT2D eigenvalue weighted by molar-refractivity contribution is 7.17. The Morgan fingerprint density at radius 3 is 2.88 bits per heavy atom. The lowest BCUT2D eigenvalue weighted by atomic mass is 9.83. The highest BCUT2D eigenvalue weighted by atomic mass is 32.1. The van der Waals surface area contributed by atoms with E-state index in [0.29, 0.717) is 17.4 Å². The van der Waals surface area contributed by atoms with E-state index in [1.165, 1.54) is 11.3 Å². The first-order chi connectivity index (χ1) is 12.6. The molecule has 6 nitrogen and oxygen atoms in total. The molecule has 3 heterocycles. The van der Waals surface area contributed by atoms with Crippen LogP contribution in [-0.2, 0) is 0 Å². The van der Waals surface area contributed by atoms with E-state index in [0.717, 1.165) is 35.8 Å². The first kappa shape index (κ1) is 17.2. The highest BCUT2D eigenvalue weighted by Crippen LogP contribution is 2.29. The maximum Gasteiger partial charge on any atom is 0.271 e. The van der Waals surface area contributed by atoms with Crippen LogP contribution in [0.15, 0.2) is 36.2 Å². The van der Waals surface area contributed by atoms with Crippen molar-refractivity contribution >= 4 is 27.3 Å². The zero-order valence-electron chi connectivity index (χ0n) is 14.6. The van der Waals surface area contributed by atoms with Gasteiger partial charge in [0.2, 0.25) is 0 Å². The third-order valence-corrected chi connectivity index (χ3v) is 6.13.